The smallest absolute Gasteiger partial charge is 0.133 e. The van der Waals surface area contributed by atoms with Gasteiger partial charge in [0.05, 0.1) is 5.88 Å². The predicted molar refractivity (Wildman–Crippen MR) is 53.7 cm³/mol. The van der Waals surface area contributed by atoms with Crippen molar-refractivity contribution in [3.05, 3.63) is 8.96 Å². The summed E-state index contributed by atoms with van der Waals surface area (Å²) in [5, 5.41) is 10.2. The molecule has 0 saturated carbocycles. The maximum absolute atomic E-state index is 8.19. The fraction of sp³-hybridized carbons (Fsp3) is 0.400. The molecule has 0 aromatic carbocycles. The molecule has 0 bridgehead atoms. The third kappa shape index (κ3) is 4.62. The molecule has 0 aliphatic carbocycles. The number of nitriles is 1. The monoisotopic (exact) mass is 303 g/mol. The minimum Gasteiger partial charge on any atom is -0.185 e. The van der Waals surface area contributed by atoms with E-state index in [4.69, 9.17) is 16.9 Å². The van der Waals surface area contributed by atoms with Crippen LogP contribution in [0.4, 0.5) is 0 Å². The van der Waals surface area contributed by atoms with Crippen LogP contribution in [0.25, 0.3) is 0 Å². The van der Waals surface area contributed by atoms with Crippen molar-refractivity contribution in [2.75, 3.05) is 11.6 Å². The van der Waals surface area contributed by atoms with Crippen LogP contribution in [-0.4, -0.2) is 11.6 Å². The van der Waals surface area contributed by atoms with E-state index >= 15 is 0 Å². The van der Waals surface area contributed by atoms with E-state index in [0.29, 0.717) is 11.6 Å². The summed E-state index contributed by atoms with van der Waals surface area (Å²) in [6.07, 6.45) is 0. The topological polar surface area (TPSA) is 23.8 Å². The molecular weight excluding hydrogens is 301 g/mol. The van der Waals surface area contributed by atoms with Gasteiger partial charge in [-0.2, -0.15) is 5.26 Å². The van der Waals surface area contributed by atoms with Crippen molar-refractivity contribution < 1.29 is 0 Å². The van der Waals surface area contributed by atoms with Gasteiger partial charge in [-0.3, -0.25) is 0 Å². The number of rotatable bonds is 3. The summed E-state index contributed by atoms with van der Waals surface area (Å²) in [6.45, 7) is 0. The number of halogens is 3. The normalized spacial score (nSPS) is 12.2. The van der Waals surface area contributed by atoms with Gasteiger partial charge in [-0.1, -0.05) is 31.9 Å². The molecule has 56 valence electrons. The molecular formula is C5H4Br2ClNS. The van der Waals surface area contributed by atoms with Crippen LogP contribution in [0.1, 0.15) is 0 Å². The Hall–Kier alpha value is 0.830. The largest absolute Gasteiger partial charge is 0.185 e. The highest BCUT2D eigenvalue weighted by Crippen LogP contribution is 2.22. The van der Waals surface area contributed by atoms with Gasteiger partial charge in [-0.25, -0.2) is 0 Å². The second-order valence-corrected chi connectivity index (χ2v) is 4.27. The summed E-state index contributed by atoms with van der Waals surface area (Å²) in [5.74, 6) is 1.08. The summed E-state index contributed by atoms with van der Waals surface area (Å²) in [4.78, 5) is 0. The fourth-order valence-electron chi connectivity index (χ4n) is 0.246. The maximum atomic E-state index is 8.19. The van der Waals surface area contributed by atoms with Crippen molar-refractivity contribution >= 4 is 55.2 Å². The molecule has 10 heavy (non-hydrogen) atoms. The van der Waals surface area contributed by atoms with E-state index in [9.17, 15) is 0 Å². The van der Waals surface area contributed by atoms with E-state index < -0.39 is 0 Å². The van der Waals surface area contributed by atoms with Crippen LogP contribution in [-0.2, 0) is 0 Å². The Morgan fingerprint density at radius 1 is 1.50 bits per heavy atom. The molecule has 0 aromatic heterocycles. The van der Waals surface area contributed by atoms with Gasteiger partial charge in [-0.15, -0.1) is 11.6 Å². The number of hydrogen-bond donors (Lipinski definition) is 0. The van der Waals surface area contributed by atoms with Crippen LogP contribution < -0.4 is 0 Å². The average Bonchev–Trinajstić information content (AvgIpc) is 1.98. The lowest BCUT2D eigenvalue weighted by molar-refractivity contribution is 1.56. The minimum atomic E-state index is 0.437. The standard InChI is InChI=1S/C5H4Br2ClNS/c6-4(1-8)5(7)2-10-3-9/h1-2H2/b5-4+. The Kier molecular flexibility index (Phi) is 7.08. The average molecular weight is 305 g/mol. The third-order valence-electron chi connectivity index (χ3n) is 0.675. The van der Waals surface area contributed by atoms with E-state index in [1.165, 1.54) is 11.8 Å². The zero-order valence-electron chi connectivity index (χ0n) is 4.90. The van der Waals surface area contributed by atoms with Crippen LogP contribution in [0.5, 0.6) is 0 Å². The first-order chi connectivity index (χ1) is 4.72. The van der Waals surface area contributed by atoms with Crippen LogP contribution in [0.3, 0.4) is 0 Å². The highest BCUT2D eigenvalue weighted by atomic mass is 79.9. The lowest BCUT2D eigenvalue weighted by Gasteiger charge is -1.95. The molecule has 0 amide bonds. The van der Waals surface area contributed by atoms with E-state index in [-0.39, 0.29) is 0 Å². The lowest BCUT2D eigenvalue weighted by Crippen LogP contribution is -1.81. The fourth-order valence-corrected chi connectivity index (χ4v) is 1.74. The quantitative estimate of drug-likeness (QED) is 0.589. The van der Waals surface area contributed by atoms with Gasteiger partial charge in [0, 0.05) is 14.7 Å². The van der Waals surface area contributed by atoms with Crippen LogP contribution in [0.15, 0.2) is 8.96 Å². The molecule has 0 N–H and O–H groups in total. The second-order valence-electron chi connectivity index (χ2n) is 1.32. The second kappa shape index (κ2) is 6.53. The number of nitrogens with zero attached hydrogens (tertiary/aromatic N) is 1. The van der Waals surface area contributed by atoms with Gasteiger partial charge < -0.3 is 0 Å². The first-order valence-corrected chi connectivity index (χ1v) is 5.42. The molecule has 0 spiro atoms. The SMILES string of the molecule is N#CSC/C(Br)=C(\Br)CCl. The number of thiocyanates is 1. The first-order valence-electron chi connectivity index (χ1n) is 2.32. The number of hydrogen-bond acceptors (Lipinski definition) is 2. The first kappa shape index (κ1) is 10.8. The zero-order chi connectivity index (χ0) is 7.98. The number of allylic oxidation sites excluding steroid dienone is 1. The van der Waals surface area contributed by atoms with Gasteiger partial charge in [-0.05, 0) is 11.8 Å². The van der Waals surface area contributed by atoms with Gasteiger partial charge in [0.15, 0.2) is 0 Å². The van der Waals surface area contributed by atoms with E-state index in [0.717, 1.165) is 8.96 Å². The molecule has 1 nitrogen and oxygen atoms in total. The summed E-state index contributed by atoms with van der Waals surface area (Å²) >= 11 is 13.2. The Morgan fingerprint density at radius 2 is 2.10 bits per heavy atom. The van der Waals surface area contributed by atoms with Crippen molar-refractivity contribution in [2.45, 2.75) is 0 Å². The van der Waals surface area contributed by atoms with Crippen molar-refractivity contribution in [2.24, 2.45) is 0 Å². The van der Waals surface area contributed by atoms with Gasteiger partial charge in [0.1, 0.15) is 5.40 Å². The zero-order valence-corrected chi connectivity index (χ0v) is 9.65. The highest BCUT2D eigenvalue weighted by Gasteiger charge is 1.98. The molecule has 0 heterocycles. The lowest BCUT2D eigenvalue weighted by atomic mass is 10.6. The van der Waals surface area contributed by atoms with Crippen LogP contribution in [0.2, 0.25) is 0 Å². The molecule has 5 heteroatoms. The highest BCUT2D eigenvalue weighted by molar-refractivity contribution is 9.14. The Labute approximate surface area is 86.1 Å². The van der Waals surface area contributed by atoms with E-state index in [1.54, 1.807) is 0 Å². The maximum Gasteiger partial charge on any atom is 0.133 e. The number of alkyl halides is 1. The van der Waals surface area contributed by atoms with E-state index in [1.807, 2.05) is 5.40 Å². The van der Waals surface area contributed by atoms with E-state index in [2.05, 4.69) is 31.9 Å². The van der Waals surface area contributed by atoms with Crippen molar-refractivity contribution in [1.82, 2.24) is 0 Å². The van der Waals surface area contributed by atoms with Gasteiger partial charge >= 0.3 is 0 Å². The van der Waals surface area contributed by atoms with Crippen molar-refractivity contribution in [1.29, 1.82) is 5.26 Å². The molecule has 0 radical (unpaired) electrons. The third-order valence-corrected chi connectivity index (χ3v) is 4.25. The Morgan fingerprint density at radius 3 is 2.50 bits per heavy atom. The molecule has 0 aromatic rings. The molecule has 0 fully saturated rings. The molecule has 0 aliphatic rings. The molecule has 0 atom stereocenters. The summed E-state index contributed by atoms with van der Waals surface area (Å²) in [6, 6.07) is 0. The van der Waals surface area contributed by atoms with Crippen LogP contribution in [0, 0.1) is 10.7 Å². The molecule has 0 unspecified atom stereocenters. The Balaban J connectivity index is 3.82. The minimum absolute atomic E-state index is 0.437. The molecule has 0 rings (SSSR count). The summed E-state index contributed by atoms with van der Waals surface area (Å²) in [5.41, 5.74) is 0. The van der Waals surface area contributed by atoms with Crippen molar-refractivity contribution in [3.63, 3.8) is 0 Å². The number of thioether (sulfide) groups is 1. The molecule has 0 aliphatic heterocycles. The van der Waals surface area contributed by atoms with Gasteiger partial charge in [0.2, 0.25) is 0 Å². The predicted octanol–water partition coefficient (Wildman–Crippen LogP) is 3.44. The van der Waals surface area contributed by atoms with Crippen molar-refractivity contribution in [3.8, 4) is 5.40 Å². The van der Waals surface area contributed by atoms with Gasteiger partial charge in [0.25, 0.3) is 0 Å². The Bertz CT molecular complexity index is 175. The molecule has 0 saturated heterocycles. The van der Waals surface area contributed by atoms with Crippen LogP contribution >= 0.6 is 55.2 Å². The summed E-state index contributed by atoms with van der Waals surface area (Å²) in [7, 11) is 0. The summed E-state index contributed by atoms with van der Waals surface area (Å²) < 4.78 is 1.84.